The number of unbranched alkanes of at least 4 members (excludes halogenated alkanes) is 2. The number of aryl methyl sites for hydroxylation is 1. The van der Waals surface area contributed by atoms with Gasteiger partial charge < -0.3 is 0 Å². The van der Waals surface area contributed by atoms with Gasteiger partial charge >= 0.3 is 0 Å². The molecule has 0 nitrogen and oxygen atoms in total. The van der Waals surface area contributed by atoms with Crippen molar-refractivity contribution < 1.29 is 17.6 Å². The molecule has 0 atom stereocenters. The Morgan fingerprint density at radius 1 is 0.788 bits per heavy atom. The van der Waals surface area contributed by atoms with Crippen LogP contribution in [0.15, 0.2) is 18.2 Å². The van der Waals surface area contributed by atoms with Gasteiger partial charge in [-0.1, -0.05) is 64.2 Å². The quantitative estimate of drug-likeness (QED) is 0.233. The van der Waals surface area contributed by atoms with Crippen molar-refractivity contribution >= 4 is 6.08 Å². The first kappa shape index (κ1) is 24.0. The van der Waals surface area contributed by atoms with Gasteiger partial charge in [0.1, 0.15) is 0 Å². The van der Waals surface area contributed by atoms with Crippen LogP contribution in [0.4, 0.5) is 17.6 Å². The van der Waals surface area contributed by atoms with Crippen molar-refractivity contribution in [1.29, 1.82) is 0 Å². The van der Waals surface area contributed by atoms with Crippen molar-refractivity contribution in [2.45, 2.75) is 84.5 Å². The maximum absolute atomic E-state index is 15.1. The van der Waals surface area contributed by atoms with E-state index in [0.29, 0.717) is 41.9 Å². The molecule has 0 aliphatic heterocycles. The van der Waals surface area contributed by atoms with Crippen LogP contribution in [0.2, 0.25) is 0 Å². The zero-order chi connectivity index (χ0) is 23.5. The largest absolute Gasteiger partial charge is 0.203 e. The number of allylic oxidation sites excluding steroid dienone is 1. The van der Waals surface area contributed by atoms with E-state index in [-0.39, 0.29) is 16.7 Å². The van der Waals surface area contributed by atoms with Crippen molar-refractivity contribution in [3.63, 3.8) is 0 Å². The minimum Gasteiger partial charge on any atom is -0.203 e. The third-order valence-electron chi connectivity index (χ3n) is 7.49. The first-order valence-corrected chi connectivity index (χ1v) is 12.6. The molecule has 178 valence electrons. The van der Waals surface area contributed by atoms with Gasteiger partial charge in [-0.25, -0.2) is 17.6 Å². The molecular formula is C29H34F4. The van der Waals surface area contributed by atoms with Crippen LogP contribution in [-0.4, -0.2) is 0 Å². The molecule has 2 aliphatic rings. The summed E-state index contributed by atoms with van der Waals surface area (Å²) in [5.74, 6) is -2.90. The topological polar surface area (TPSA) is 0 Å². The zero-order valence-corrected chi connectivity index (χ0v) is 19.8. The van der Waals surface area contributed by atoms with Crippen LogP contribution in [0.25, 0.3) is 17.2 Å². The van der Waals surface area contributed by atoms with E-state index in [4.69, 9.17) is 0 Å². The summed E-state index contributed by atoms with van der Waals surface area (Å²) >= 11 is 0. The van der Waals surface area contributed by atoms with Gasteiger partial charge in [0.05, 0.1) is 0 Å². The van der Waals surface area contributed by atoms with Crippen LogP contribution in [0.1, 0.15) is 93.9 Å². The molecule has 0 bridgehead atoms. The number of benzene rings is 2. The molecule has 0 N–H and O–H groups in total. The molecule has 2 aliphatic carbocycles. The van der Waals surface area contributed by atoms with Gasteiger partial charge in [-0.15, -0.1) is 0 Å². The van der Waals surface area contributed by atoms with Crippen molar-refractivity contribution in [3.8, 4) is 11.1 Å². The molecule has 4 rings (SSSR count). The highest BCUT2D eigenvalue weighted by Crippen LogP contribution is 2.43. The summed E-state index contributed by atoms with van der Waals surface area (Å²) in [4.78, 5) is 0. The molecule has 2 aromatic rings. The molecule has 0 saturated heterocycles. The van der Waals surface area contributed by atoms with Gasteiger partial charge in [-0.05, 0) is 73.1 Å². The second kappa shape index (κ2) is 10.4. The standard InChI is InChI=1S/C29H34F4/c1-3-5-6-8-18-9-11-19(12-10-18)13-14-21-16-23-17-22-15-20(7-4-2)26(30)28(32)24(22)25(23)29(33)27(21)31/h13-16,18-19H,3-12,17H2,1-2H3. The van der Waals surface area contributed by atoms with Crippen molar-refractivity contribution in [2.75, 3.05) is 0 Å². The summed E-state index contributed by atoms with van der Waals surface area (Å²) in [7, 11) is 0. The summed E-state index contributed by atoms with van der Waals surface area (Å²) in [5, 5.41) is 0. The fourth-order valence-electron chi connectivity index (χ4n) is 5.63. The number of hydrogen-bond donors (Lipinski definition) is 0. The first-order chi connectivity index (χ1) is 15.9. The molecule has 0 aromatic heterocycles. The smallest absolute Gasteiger partial charge is 0.167 e. The molecule has 0 heterocycles. The summed E-state index contributed by atoms with van der Waals surface area (Å²) in [6, 6.07) is 3.22. The van der Waals surface area contributed by atoms with Crippen LogP contribution in [0, 0.1) is 35.1 Å². The Kier molecular flexibility index (Phi) is 7.61. The minimum atomic E-state index is -1.08. The van der Waals surface area contributed by atoms with Crippen LogP contribution < -0.4 is 0 Å². The number of halogens is 4. The summed E-state index contributed by atoms with van der Waals surface area (Å²) in [6.07, 6.45) is 14.8. The Morgan fingerprint density at radius 3 is 2.12 bits per heavy atom. The van der Waals surface area contributed by atoms with E-state index in [1.54, 1.807) is 18.2 Å². The average Bonchev–Trinajstić information content (AvgIpc) is 3.18. The van der Waals surface area contributed by atoms with Crippen LogP contribution in [0.3, 0.4) is 0 Å². The summed E-state index contributed by atoms with van der Waals surface area (Å²) < 4.78 is 59.3. The highest BCUT2D eigenvalue weighted by Gasteiger charge is 2.31. The van der Waals surface area contributed by atoms with E-state index >= 15 is 4.39 Å². The Balaban J connectivity index is 1.52. The molecule has 1 fully saturated rings. The summed E-state index contributed by atoms with van der Waals surface area (Å²) in [6.45, 7) is 4.12. The third kappa shape index (κ3) is 4.90. The monoisotopic (exact) mass is 458 g/mol. The molecule has 2 aromatic carbocycles. The highest BCUT2D eigenvalue weighted by atomic mass is 19.2. The Hall–Kier alpha value is -2.10. The normalized spacial score (nSPS) is 19.8. The van der Waals surface area contributed by atoms with Crippen LogP contribution >= 0.6 is 0 Å². The lowest BCUT2D eigenvalue weighted by molar-refractivity contribution is 0.290. The van der Waals surface area contributed by atoms with E-state index in [2.05, 4.69) is 6.92 Å². The summed E-state index contributed by atoms with van der Waals surface area (Å²) in [5.41, 5.74) is 1.32. The molecule has 33 heavy (non-hydrogen) atoms. The lowest BCUT2D eigenvalue weighted by Gasteiger charge is -2.26. The fourth-order valence-corrected chi connectivity index (χ4v) is 5.63. The van der Waals surface area contributed by atoms with E-state index < -0.39 is 23.3 Å². The van der Waals surface area contributed by atoms with Gasteiger partial charge in [0, 0.05) is 16.7 Å². The third-order valence-corrected chi connectivity index (χ3v) is 7.49. The SMILES string of the molecule is CCCCCC1CCC(C=Cc2cc3c(c(F)c2F)-c2c(cc(CCC)c(F)c2F)C3)CC1. The van der Waals surface area contributed by atoms with E-state index in [1.165, 1.54) is 38.5 Å². The van der Waals surface area contributed by atoms with Crippen molar-refractivity contribution in [2.24, 2.45) is 11.8 Å². The van der Waals surface area contributed by atoms with Crippen LogP contribution in [-0.2, 0) is 12.8 Å². The van der Waals surface area contributed by atoms with Crippen LogP contribution in [0.5, 0.6) is 0 Å². The van der Waals surface area contributed by atoms with E-state index in [9.17, 15) is 13.2 Å². The minimum absolute atomic E-state index is 0.115. The van der Waals surface area contributed by atoms with Gasteiger partial charge in [0.25, 0.3) is 0 Å². The Morgan fingerprint density at radius 2 is 1.45 bits per heavy atom. The van der Waals surface area contributed by atoms with Crippen molar-refractivity contribution in [1.82, 2.24) is 0 Å². The Labute approximate surface area is 195 Å². The number of rotatable bonds is 8. The van der Waals surface area contributed by atoms with E-state index in [1.807, 2.05) is 13.0 Å². The second-order valence-electron chi connectivity index (χ2n) is 9.89. The Bertz CT molecular complexity index is 1030. The van der Waals surface area contributed by atoms with E-state index in [0.717, 1.165) is 18.8 Å². The second-order valence-corrected chi connectivity index (χ2v) is 9.89. The van der Waals surface area contributed by atoms with Gasteiger partial charge in [-0.3, -0.25) is 0 Å². The van der Waals surface area contributed by atoms with Gasteiger partial charge in [0.15, 0.2) is 23.3 Å². The predicted octanol–water partition coefficient (Wildman–Crippen LogP) is 9.17. The lowest BCUT2D eigenvalue weighted by Crippen LogP contribution is -2.13. The first-order valence-electron chi connectivity index (χ1n) is 12.6. The average molecular weight is 459 g/mol. The molecule has 1 saturated carbocycles. The molecule has 0 spiro atoms. The van der Waals surface area contributed by atoms with Crippen molar-refractivity contribution in [3.05, 3.63) is 63.7 Å². The van der Waals surface area contributed by atoms with Gasteiger partial charge in [-0.2, -0.15) is 0 Å². The molecule has 0 amide bonds. The molecule has 0 unspecified atom stereocenters. The van der Waals surface area contributed by atoms with Gasteiger partial charge in [0.2, 0.25) is 0 Å². The maximum Gasteiger partial charge on any atom is 0.167 e. The maximum atomic E-state index is 15.1. The predicted molar refractivity (Wildman–Crippen MR) is 127 cm³/mol. The fraction of sp³-hybridized carbons (Fsp3) is 0.517. The lowest BCUT2D eigenvalue weighted by atomic mass is 9.79. The highest BCUT2D eigenvalue weighted by molar-refractivity contribution is 5.80. The number of hydrogen-bond acceptors (Lipinski definition) is 0. The molecule has 0 radical (unpaired) electrons. The number of fused-ring (bicyclic) bond motifs is 3. The molecule has 4 heteroatoms. The molecular weight excluding hydrogens is 424 g/mol. The zero-order valence-electron chi connectivity index (χ0n) is 19.8.